The molecule has 0 aliphatic carbocycles. The molecule has 0 atom stereocenters. The van der Waals surface area contributed by atoms with Crippen molar-refractivity contribution in [3.63, 3.8) is 0 Å². The summed E-state index contributed by atoms with van der Waals surface area (Å²) < 4.78 is 0. The van der Waals surface area contributed by atoms with Crippen molar-refractivity contribution in [2.24, 2.45) is 0 Å². The molecule has 0 heterocycles. The van der Waals surface area contributed by atoms with Gasteiger partial charge in [0.1, 0.15) is 0 Å². The van der Waals surface area contributed by atoms with E-state index in [1.54, 1.807) is 0 Å². The average molecular weight is 291 g/mol. The van der Waals surface area contributed by atoms with Gasteiger partial charge in [0.05, 0.1) is 0 Å². The van der Waals surface area contributed by atoms with Gasteiger partial charge in [-0.15, -0.1) is 0 Å². The maximum Gasteiger partial charge on any atom is 2.00 e. The Balaban J connectivity index is -0.0000000370. The Morgan fingerprint density at radius 2 is 0.667 bits per heavy atom. The molecule has 15 heavy (non-hydrogen) atoms. The van der Waals surface area contributed by atoms with Gasteiger partial charge in [-0.1, -0.05) is 0 Å². The SMILES string of the molecule is CC[PH]([O-])([O-])[O-].CC[PH]([O-])([O-])[O-].[Mg+2].[Mg+2].[Mg+2]. The van der Waals surface area contributed by atoms with E-state index >= 15 is 0 Å². The van der Waals surface area contributed by atoms with Gasteiger partial charge in [0.25, 0.3) is 0 Å². The zero-order chi connectivity index (χ0) is 10.4. The standard InChI is InChI=1S/2C2H6O3P.3Mg/c2*1-2-6(3,4)5;;;/h2*6H,2H2,1H3;;;/q2*-3;3*+2. The summed E-state index contributed by atoms with van der Waals surface area (Å²) in [5.74, 6) is 0. The predicted octanol–water partition coefficient (Wildman–Crippen LogP) is -5.98. The molecule has 0 amide bonds. The molecule has 0 aromatic carbocycles. The van der Waals surface area contributed by atoms with Crippen molar-refractivity contribution in [3.05, 3.63) is 0 Å². The van der Waals surface area contributed by atoms with Gasteiger partial charge in [-0.05, 0) is 0 Å². The molecule has 0 saturated carbocycles. The first-order chi connectivity index (χ1) is 5.12. The second-order valence-corrected chi connectivity index (χ2v) is 6.22. The second-order valence-electron chi connectivity index (χ2n) is 2.07. The fourth-order valence-electron chi connectivity index (χ4n) is 0. The third-order valence-electron chi connectivity index (χ3n) is 0.866. The van der Waals surface area contributed by atoms with Gasteiger partial charge in [-0.3, -0.25) is 0 Å². The minimum atomic E-state index is -4.38. The molecule has 0 saturated heterocycles. The number of rotatable bonds is 2. The van der Waals surface area contributed by atoms with Crippen molar-refractivity contribution in [1.29, 1.82) is 0 Å². The zero-order valence-electron chi connectivity index (χ0n) is 8.99. The van der Waals surface area contributed by atoms with Gasteiger partial charge in [0.15, 0.2) is 0 Å². The van der Waals surface area contributed by atoms with Crippen LogP contribution in [0.1, 0.15) is 13.8 Å². The molecule has 0 aliphatic rings. The summed E-state index contributed by atoms with van der Waals surface area (Å²) in [6, 6.07) is 0. The molecule has 0 radical (unpaired) electrons. The fraction of sp³-hybridized carbons (Fsp3) is 1.00. The van der Waals surface area contributed by atoms with Crippen LogP contribution in [0.25, 0.3) is 0 Å². The molecule has 0 N–H and O–H groups in total. The maximum absolute atomic E-state index is 9.50. The van der Waals surface area contributed by atoms with Crippen LogP contribution in [0, 0.1) is 0 Å². The van der Waals surface area contributed by atoms with Crippen molar-refractivity contribution >= 4 is 85.0 Å². The van der Waals surface area contributed by atoms with E-state index in [4.69, 9.17) is 0 Å². The van der Waals surface area contributed by atoms with E-state index < -0.39 is 15.9 Å². The molecule has 0 bridgehead atoms. The first kappa shape index (κ1) is 30.7. The predicted molar refractivity (Wildman–Crippen MR) is 55.0 cm³/mol. The van der Waals surface area contributed by atoms with E-state index in [0.29, 0.717) is 0 Å². The molecular formula is C4H12Mg3O6P2. The summed E-state index contributed by atoms with van der Waals surface area (Å²) in [7, 11) is -8.76. The number of hydrogen-bond acceptors (Lipinski definition) is 6. The maximum atomic E-state index is 9.50. The molecule has 0 aliphatic heterocycles. The third kappa shape index (κ3) is 47.3. The molecule has 0 spiro atoms. The van der Waals surface area contributed by atoms with Crippen LogP contribution >= 0.6 is 15.9 Å². The summed E-state index contributed by atoms with van der Waals surface area (Å²) in [5, 5.41) is 0. The molecular weight excluding hydrogens is 279 g/mol. The van der Waals surface area contributed by atoms with Crippen LogP contribution < -0.4 is 29.4 Å². The van der Waals surface area contributed by atoms with E-state index in [2.05, 4.69) is 0 Å². The summed E-state index contributed by atoms with van der Waals surface area (Å²) in [5.41, 5.74) is 0. The van der Waals surface area contributed by atoms with Gasteiger partial charge in [-0.25, -0.2) is 0 Å². The Labute approximate surface area is 139 Å². The second kappa shape index (κ2) is 15.0. The van der Waals surface area contributed by atoms with Crippen molar-refractivity contribution in [2.45, 2.75) is 13.8 Å². The Morgan fingerprint density at radius 3 is 0.667 bits per heavy atom. The minimum absolute atomic E-state index is 0. The topological polar surface area (TPSA) is 138 Å². The Bertz CT molecular complexity index is 102. The largest absolute Gasteiger partial charge is 2.00 e. The van der Waals surface area contributed by atoms with E-state index in [9.17, 15) is 29.4 Å². The summed E-state index contributed by atoms with van der Waals surface area (Å²) >= 11 is 0. The minimum Gasteiger partial charge on any atom is 2.00 e. The van der Waals surface area contributed by atoms with Crippen molar-refractivity contribution in [1.82, 2.24) is 0 Å². The van der Waals surface area contributed by atoms with Crippen LogP contribution in [0.2, 0.25) is 0 Å². The first-order valence-corrected chi connectivity index (χ1v) is 7.21. The van der Waals surface area contributed by atoms with Crippen LogP contribution in [-0.2, 0) is 0 Å². The van der Waals surface area contributed by atoms with E-state index in [0.717, 1.165) is 0 Å². The van der Waals surface area contributed by atoms with Gasteiger partial charge >= 0.3 is 141 Å². The van der Waals surface area contributed by atoms with Crippen LogP contribution in [0.3, 0.4) is 0 Å². The van der Waals surface area contributed by atoms with Gasteiger partial charge in [-0.2, -0.15) is 0 Å². The first-order valence-electron chi connectivity index (χ1n) is 3.35. The molecule has 0 unspecified atom stereocenters. The number of hydrogen-bond donors (Lipinski definition) is 0. The molecule has 6 nitrogen and oxygen atoms in total. The van der Waals surface area contributed by atoms with Crippen LogP contribution in [-0.4, -0.2) is 81.5 Å². The molecule has 80 valence electrons. The van der Waals surface area contributed by atoms with E-state index in [1.165, 1.54) is 13.8 Å². The summed E-state index contributed by atoms with van der Waals surface area (Å²) in [6.07, 6.45) is -0.514. The van der Waals surface area contributed by atoms with Gasteiger partial charge in [0.2, 0.25) is 0 Å². The Morgan fingerprint density at radius 1 is 0.600 bits per heavy atom. The van der Waals surface area contributed by atoms with Crippen molar-refractivity contribution in [2.75, 3.05) is 12.3 Å². The Kier molecular flexibility index (Phi) is 30.7. The normalized spacial score (nSPS) is 11.7. The Hall–Kier alpha value is 2.92. The molecule has 11 heteroatoms. The van der Waals surface area contributed by atoms with Crippen molar-refractivity contribution < 1.29 is 29.4 Å². The fourth-order valence-corrected chi connectivity index (χ4v) is 0. The van der Waals surface area contributed by atoms with E-state index in [1.807, 2.05) is 0 Å². The molecule has 0 rings (SSSR count). The van der Waals surface area contributed by atoms with Crippen LogP contribution in [0.15, 0.2) is 0 Å². The average Bonchev–Trinajstić information content (AvgIpc) is 1.86. The third-order valence-corrected chi connectivity index (χ3v) is 2.60. The van der Waals surface area contributed by atoms with Crippen LogP contribution in [0.5, 0.6) is 0 Å². The van der Waals surface area contributed by atoms with Crippen molar-refractivity contribution in [3.8, 4) is 0 Å². The summed E-state index contributed by atoms with van der Waals surface area (Å²) in [6.45, 7) is 2.67. The smallest absolute Gasteiger partial charge is 2.00 e. The monoisotopic (exact) mass is 290 g/mol. The van der Waals surface area contributed by atoms with Gasteiger partial charge in [0, 0.05) is 0 Å². The van der Waals surface area contributed by atoms with E-state index in [-0.39, 0.29) is 81.5 Å². The van der Waals surface area contributed by atoms with Crippen LogP contribution in [0.4, 0.5) is 0 Å². The zero-order valence-corrected chi connectivity index (χ0v) is 15.2. The molecule has 0 aromatic rings. The molecule has 0 aromatic heterocycles. The molecule has 0 fully saturated rings. The summed E-state index contributed by atoms with van der Waals surface area (Å²) in [4.78, 5) is 57.0. The van der Waals surface area contributed by atoms with Gasteiger partial charge < -0.3 is 0 Å². The quantitative estimate of drug-likeness (QED) is 0.366.